The number of piperidine rings is 1. The van der Waals surface area contributed by atoms with E-state index in [4.69, 9.17) is 16.3 Å². The molecule has 1 aliphatic heterocycles. The first kappa shape index (κ1) is 31.9. The lowest BCUT2D eigenvalue weighted by atomic mass is 9.90. The van der Waals surface area contributed by atoms with Gasteiger partial charge in [-0.2, -0.15) is 0 Å². The number of hydrazine groups is 1. The fraction of sp³-hybridized carbons (Fsp3) is 0.654. The van der Waals surface area contributed by atoms with E-state index in [1.54, 1.807) is 7.11 Å². The van der Waals surface area contributed by atoms with Crippen LogP contribution in [0.15, 0.2) is 29.6 Å². The number of allylic oxidation sites excluding steroid dienone is 2. The number of benzene rings is 1. The maximum Gasteiger partial charge on any atom is 0.167 e. The van der Waals surface area contributed by atoms with Crippen LogP contribution in [0.3, 0.4) is 0 Å². The highest BCUT2D eigenvalue weighted by molar-refractivity contribution is 5.75. The van der Waals surface area contributed by atoms with E-state index in [9.17, 15) is 18.7 Å². The van der Waals surface area contributed by atoms with Crippen LogP contribution in [0.25, 0.3) is 0 Å². The average Bonchev–Trinajstić information content (AvgIpc) is 2.83. The van der Waals surface area contributed by atoms with Gasteiger partial charge in [-0.05, 0) is 63.6 Å². The highest BCUT2D eigenvalue weighted by atomic mass is 19.1. The molecule has 0 spiro atoms. The maximum atomic E-state index is 13.7. The third-order valence-corrected chi connectivity index (χ3v) is 6.26. The largest absolute Gasteiger partial charge is 0.395 e. The van der Waals surface area contributed by atoms with Gasteiger partial charge in [-0.3, -0.25) is 9.80 Å². The first-order valence-corrected chi connectivity index (χ1v) is 12.5. The van der Waals surface area contributed by atoms with Crippen LogP contribution in [0.1, 0.15) is 46.5 Å². The van der Waals surface area contributed by atoms with Crippen molar-refractivity contribution >= 4 is 12.0 Å². The zero-order valence-corrected chi connectivity index (χ0v) is 22.3. The van der Waals surface area contributed by atoms with Gasteiger partial charge in [-0.1, -0.05) is 19.9 Å². The number of hydrogen-bond donors (Lipinski definition) is 4. The number of aldehydes is 1. The molecule has 6 N–H and O–H groups in total. The number of para-hydroxylation sites is 1. The van der Waals surface area contributed by atoms with Crippen LogP contribution in [0.4, 0.5) is 14.5 Å². The lowest BCUT2D eigenvalue weighted by molar-refractivity contribution is -0.105. The van der Waals surface area contributed by atoms with Crippen LogP contribution in [-0.4, -0.2) is 68.8 Å². The third-order valence-electron chi connectivity index (χ3n) is 6.26. The van der Waals surface area contributed by atoms with Crippen molar-refractivity contribution in [3.8, 4) is 0 Å². The molecule has 1 heterocycles. The summed E-state index contributed by atoms with van der Waals surface area (Å²) in [6, 6.07) is 3.98. The van der Waals surface area contributed by atoms with Crippen molar-refractivity contribution in [1.29, 1.82) is 0 Å². The number of likely N-dealkylation sites (N-methyl/N-ethyl adjacent to an activating group) is 1. The first-order valence-electron chi connectivity index (χ1n) is 12.5. The molecule has 0 radical (unpaired) electrons. The molecular weight excluding hydrogens is 468 g/mol. The molecule has 206 valence electrons. The van der Waals surface area contributed by atoms with Crippen molar-refractivity contribution < 1.29 is 23.4 Å². The van der Waals surface area contributed by atoms with Crippen molar-refractivity contribution in [2.45, 2.75) is 58.6 Å². The number of anilines is 1. The Bertz CT molecular complexity index is 803. The highest BCUT2D eigenvalue weighted by Gasteiger charge is 2.27. The molecular formula is C26H45F2N5O3. The fourth-order valence-corrected chi connectivity index (χ4v) is 4.24. The monoisotopic (exact) mass is 513 g/mol. The molecule has 0 amide bonds. The molecule has 0 saturated carbocycles. The normalized spacial score (nSPS) is 19.4. The molecule has 0 aromatic heterocycles. The number of aliphatic hydroxyl groups is 1. The van der Waals surface area contributed by atoms with Crippen LogP contribution in [0.5, 0.6) is 0 Å². The van der Waals surface area contributed by atoms with E-state index in [-0.39, 0.29) is 17.5 Å². The van der Waals surface area contributed by atoms with Gasteiger partial charge >= 0.3 is 0 Å². The Balaban J connectivity index is 0.000000381. The highest BCUT2D eigenvalue weighted by Crippen LogP contribution is 2.26. The predicted molar refractivity (Wildman–Crippen MR) is 140 cm³/mol. The van der Waals surface area contributed by atoms with Gasteiger partial charge in [-0.15, -0.1) is 0 Å². The summed E-state index contributed by atoms with van der Waals surface area (Å²) in [5.74, 6) is 5.23. The van der Waals surface area contributed by atoms with Gasteiger partial charge in [0.2, 0.25) is 0 Å². The maximum absolute atomic E-state index is 13.7. The Labute approximate surface area is 214 Å². The minimum absolute atomic E-state index is 0.155. The number of rotatable bonds is 12. The number of carbonyl (C=O) groups excluding carboxylic acids is 1. The zero-order chi connectivity index (χ0) is 27.3. The van der Waals surface area contributed by atoms with E-state index >= 15 is 0 Å². The van der Waals surface area contributed by atoms with E-state index in [0.717, 1.165) is 43.2 Å². The zero-order valence-electron chi connectivity index (χ0n) is 22.3. The Hall–Kier alpha value is -2.11. The Morgan fingerprint density at radius 3 is 2.42 bits per heavy atom. The van der Waals surface area contributed by atoms with Crippen LogP contribution in [0.2, 0.25) is 0 Å². The minimum atomic E-state index is -0.828. The number of halogens is 2. The Kier molecular flexibility index (Phi) is 14.7. The minimum Gasteiger partial charge on any atom is -0.395 e. The molecule has 3 unspecified atom stereocenters. The summed E-state index contributed by atoms with van der Waals surface area (Å²) < 4.78 is 32.4. The van der Waals surface area contributed by atoms with Crippen molar-refractivity contribution in [3.63, 3.8) is 0 Å². The molecule has 1 aromatic rings. The van der Waals surface area contributed by atoms with E-state index in [0.29, 0.717) is 50.0 Å². The van der Waals surface area contributed by atoms with Gasteiger partial charge in [0.05, 0.1) is 17.5 Å². The summed E-state index contributed by atoms with van der Waals surface area (Å²) >= 11 is 0. The van der Waals surface area contributed by atoms with Crippen molar-refractivity contribution in [2.75, 3.05) is 45.4 Å². The van der Waals surface area contributed by atoms with Gasteiger partial charge in [0, 0.05) is 39.4 Å². The van der Waals surface area contributed by atoms with Crippen molar-refractivity contribution in [1.82, 2.24) is 10.2 Å². The summed E-state index contributed by atoms with van der Waals surface area (Å²) in [5.41, 5.74) is 5.16. The van der Waals surface area contributed by atoms with E-state index < -0.39 is 17.3 Å². The Morgan fingerprint density at radius 2 is 1.89 bits per heavy atom. The van der Waals surface area contributed by atoms with Crippen LogP contribution >= 0.6 is 0 Å². The number of methoxy groups -OCH3 is 1. The number of nitrogens with two attached hydrogens (primary N) is 2. The van der Waals surface area contributed by atoms with Crippen molar-refractivity contribution in [3.05, 3.63) is 41.2 Å². The first-order chi connectivity index (χ1) is 17.0. The molecule has 1 aliphatic rings. The van der Waals surface area contributed by atoms with E-state index in [2.05, 4.69) is 31.1 Å². The topological polar surface area (TPSA) is 117 Å². The van der Waals surface area contributed by atoms with Gasteiger partial charge in [-0.25, -0.2) is 14.6 Å². The summed E-state index contributed by atoms with van der Waals surface area (Å²) in [6.45, 7) is 10.1. The summed E-state index contributed by atoms with van der Waals surface area (Å²) in [5, 5.41) is 13.8. The summed E-state index contributed by atoms with van der Waals surface area (Å²) in [4.78, 5) is 13.3. The number of carbonyl (C=O) groups is 1. The number of ether oxygens (including phenoxy) is 1. The number of hydrogen-bond acceptors (Lipinski definition) is 8. The summed E-state index contributed by atoms with van der Waals surface area (Å²) in [7, 11) is 3.76. The van der Waals surface area contributed by atoms with Crippen molar-refractivity contribution in [2.24, 2.45) is 23.4 Å². The second-order valence-corrected chi connectivity index (χ2v) is 9.79. The molecule has 10 heteroatoms. The molecule has 1 fully saturated rings. The molecule has 0 bridgehead atoms. The van der Waals surface area contributed by atoms with Gasteiger partial charge in [0.15, 0.2) is 17.9 Å². The van der Waals surface area contributed by atoms with E-state index in [1.807, 2.05) is 6.92 Å². The van der Waals surface area contributed by atoms with E-state index in [1.165, 1.54) is 6.07 Å². The molecule has 1 aromatic carbocycles. The smallest absolute Gasteiger partial charge is 0.167 e. The second-order valence-electron chi connectivity index (χ2n) is 9.79. The van der Waals surface area contributed by atoms with Crippen LogP contribution < -0.4 is 21.9 Å². The predicted octanol–water partition coefficient (Wildman–Crippen LogP) is 2.76. The van der Waals surface area contributed by atoms with Gasteiger partial charge in [0.25, 0.3) is 0 Å². The molecule has 8 nitrogen and oxygen atoms in total. The quantitative estimate of drug-likeness (QED) is 0.111. The second kappa shape index (κ2) is 16.6. The lowest BCUT2D eigenvalue weighted by Gasteiger charge is -2.37. The third kappa shape index (κ3) is 10.5. The number of unbranched alkanes of at least 4 members (excludes halogenated alkanes) is 1. The number of nitrogens with one attached hydrogen (secondary N) is 1. The Morgan fingerprint density at radius 1 is 1.25 bits per heavy atom. The molecule has 0 aliphatic carbocycles. The van der Waals surface area contributed by atoms with Gasteiger partial charge in [0.1, 0.15) is 5.69 Å². The van der Waals surface area contributed by atoms with Gasteiger partial charge < -0.3 is 25.8 Å². The fourth-order valence-electron chi connectivity index (χ4n) is 4.24. The molecule has 2 rings (SSSR count). The lowest BCUT2D eigenvalue weighted by Crippen LogP contribution is -2.50. The SMILES string of the molecule is CC(C)CN(C)C1CNCC(C(C)O)C1.COCCCC/C(=C(/N)C=O)N(N)c1c(F)cccc1F. The van der Waals surface area contributed by atoms with Crippen LogP contribution in [0, 0.1) is 23.5 Å². The molecule has 36 heavy (non-hydrogen) atoms. The summed E-state index contributed by atoms with van der Waals surface area (Å²) in [6.07, 6.45) is 2.96. The number of aliphatic hydroxyl groups excluding tert-OH is 1. The molecule has 3 atom stereocenters. The van der Waals surface area contributed by atoms with Crippen LogP contribution in [-0.2, 0) is 9.53 Å². The average molecular weight is 514 g/mol. The standard InChI is InChI=1S/C14H19F2N3O2.C12H26N2O/c1-21-8-3-2-7-13(12(17)9-20)19(18)14-10(15)5-4-6-11(14)16;1-9(2)8-14(4)12-5-11(10(3)15)6-13-7-12/h4-6,9H,2-3,7-8,17-18H2,1H3;9-13,15H,5-8H2,1-4H3/b13-12-;. The molecule has 1 saturated heterocycles. The number of nitrogens with zero attached hydrogens (tertiary/aromatic N) is 2.